The molecule has 0 bridgehead atoms. The topological polar surface area (TPSA) is 754 Å². The molecule has 0 radical (unpaired) electrons. The second-order valence-electron chi connectivity index (χ2n) is 31.5. The molecule has 0 saturated carbocycles. The number of nitrogens with one attached hydrogen (secondary N) is 15. The van der Waals surface area contributed by atoms with Crippen LogP contribution in [-0.4, -0.2) is 277 Å². The van der Waals surface area contributed by atoms with E-state index in [1.54, 1.807) is 81.4 Å². The lowest BCUT2D eigenvalue weighted by atomic mass is 9.96. The zero-order valence-corrected chi connectivity index (χ0v) is 72.6. The van der Waals surface area contributed by atoms with Crippen molar-refractivity contribution in [2.45, 2.75) is 254 Å². The molecule has 1 fully saturated rings. The highest BCUT2D eigenvalue weighted by atomic mass is 16.4. The third-order valence-electron chi connectivity index (χ3n) is 21.2. The third-order valence-corrected chi connectivity index (χ3v) is 21.2. The Morgan fingerprint density at radius 3 is 1.34 bits per heavy atom. The van der Waals surface area contributed by atoms with Crippen molar-refractivity contribution in [3.05, 3.63) is 102 Å². The first-order valence-electron chi connectivity index (χ1n) is 42.1. The number of aromatic hydroxyl groups is 1. The van der Waals surface area contributed by atoms with E-state index in [-0.39, 0.29) is 102 Å². The second kappa shape index (κ2) is 54.1. The Hall–Kier alpha value is -13.0. The zero-order valence-electron chi connectivity index (χ0n) is 72.6. The van der Waals surface area contributed by atoms with E-state index in [4.69, 9.17) is 39.2 Å². The number of nitrogens with two attached hydrogens (primary N) is 5. The van der Waals surface area contributed by atoms with E-state index in [2.05, 4.69) is 69.1 Å². The zero-order chi connectivity index (χ0) is 95.8. The van der Waals surface area contributed by atoms with Gasteiger partial charge >= 0.3 is 11.9 Å². The lowest BCUT2D eigenvalue weighted by Crippen LogP contribution is -2.63. The highest BCUT2D eigenvalue weighted by molar-refractivity contribution is 6.02. The number of carbonyl (C=O) groups excluding carboxylic acids is 16. The molecule has 706 valence electrons. The van der Waals surface area contributed by atoms with Crippen molar-refractivity contribution in [3.8, 4) is 5.75 Å². The van der Waals surface area contributed by atoms with Gasteiger partial charge in [-0.25, -0.2) is 4.79 Å². The molecule has 128 heavy (non-hydrogen) atoms. The third kappa shape index (κ3) is 36.2. The maximum atomic E-state index is 14.9. The van der Waals surface area contributed by atoms with Gasteiger partial charge in [-0.15, -0.1) is 0 Å². The maximum absolute atomic E-state index is 14.9. The fraction of sp³-hybridized carbons (Fsp3) is 0.554. The van der Waals surface area contributed by atoms with Gasteiger partial charge in [0.05, 0.1) is 37.7 Å². The number of carboxylic acids is 2. The molecule has 1 heterocycles. The Kier molecular flexibility index (Phi) is 45.4. The quantitative estimate of drug-likeness (QED) is 0.0142. The summed E-state index contributed by atoms with van der Waals surface area (Å²) in [7, 11) is 0. The SMILES string of the molecule is CC[C@H](C)[C@H](NC(=O)[C@H](CO)NC(=O)[C@@H]1CCCN1C(=O)[C@@H](NC(=O)[C@@H](NC(=O)[C@H](Cc1ccccc1)NC(=O)[C@H](C)NC(=O)[C@@H](NC(=O)[C@H](Cc1ccc(O)cc1)NC(=O)[C@H](CCCCN)NC(=O)[C@H](CCCNC(=N)N)NC(=O)[C@@H](N)Cc1ccccc1)[C@@H](C)O)[C@@H](C)O)[C@@H](C)CC)C(=O)N[C@@H](CC(N)=O)C(=O)N[C@@H](CC(N)=O)C(=O)N[C@@H](CCC(=O)O)C(=O)O. The predicted octanol–water partition coefficient (Wildman–Crippen LogP) is -7.00. The van der Waals surface area contributed by atoms with Gasteiger partial charge in [0.2, 0.25) is 94.5 Å². The van der Waals surface area contributed by atoms with Crippen molar-refractivity contribution in [1.82, 2.24) is 79.3 Å². The number of benzene rings is 3. The Bertz CT molecular complexity index is 4300. The number of aliphatic carboxylic acids is 2. The van der Waals surface area contributed by atoms with Crippen molar-refractivity contribution in [3.63, 3.8) is 0 Å². The summed E-state index contributed by atoms with van der Waals surface area (Å²) in [5.74, 6) is -22.3. The van der Waals surface area contributed by atoms with E-state index >= 15 is 0 Å². The Balaban J connectivity index is 1.54. The number of unbranched alkanes of at least 4 members (excludes halogenated alkanes) is 1. The molecule has 0 aliphatic carbocycles. The van der Waals surface area contributed by atoms with Crippen LogP contribution in [0.4, 0.5) is 0 Å². The fourth-order valence-corrected chi connectivity index (χ4v) is 13.4. The smallest absolute Gasteiger partial charge is 0.326 e. The normalized spacial score (nSPS) is 16.5. The molecule has 45 heteroatoms. The highest BCUT2D eigenvalue weighted by Crippen LogP contribution is 2.23. The Labute approximate surface area is 739 Å². The fourth-order valence-electron chi connectivity index (χ4n) is 13.4. The molecular formula is C83H125N21O24. The number of nitrogens with zero attached hydrogens (tertiary/aromatic N) is 1. The van der Waals surface area contributed by atoms with Crippen LogP contribution in [0, 0.1) is 17.2 Å². The molecule has 3 aromatic carbocycles. The number of hydrogen-bond acceptors (Lipinski definition) is 25. The monoisotopic (exact) mass is 1800 g/mol. The summed E-state index contributed by atoms with van der Waals surface area (Å²) >= 11 is 0. The number of amides is 16. The lowest BCUT2D eigenvalue weighted by Gasteiger charge is -2.33. The van der Waals surface area contributed by atoms with Crippen LogP contribution in [0.25, 0.3) is 0 Å². The van der Waals surface area contributed by atoms with Gasteiger partial charge in [-0.3, -0.25) is 86.9 Å². The molecule has 45 nitrogen and oxygen atoms in total. The highest BCUT2D eigenvalue weighted by Gasteiger charge is 2.44. The summed E-state index contributed by atoms with van der Waals surface area (Å²) in [6, 6.07) is -2.10. The summed E-state index contributed by atoms with van der Waals surface area (Å²) in [4.78, 5) is 248. The molecule has 0 spiro atoms. The van der Waals surface area contributed by atoms with E-state index in [1.165, 1.54) is 38.1 Å². The van der Waals surface area contributed by atoms with Crippen molar-refractivity contribution in [2.75, 3.05) is 26.2 Å². The molecule has 31 N–H and O–H groups in total. The van der Waals surface area contributed by atoms with E-state index in [1.807, 2.05) is 5.32 Å². The average molecular weight is 1800 g/mol. The Morgan fingerprint density at radius 1 is 0.453 bits per heavy atom. The van der Waals surface area contributed by atoms with Gasteiger partial charge in [0.25, 0.3) is 0 Å². The number of guanidine groups is 1. The molecular weight excluding hydrogens is 1680 g/mol. The minimum absolute atomic E-state index is 0.0288. The van der Waals surface area contributed by atoms with Gasteiger partial charge < -0.3 is 139 Å². The number of phenolic OH excluding ortho intramolecular Hbond substituents is 1. The van der Waals surface area contributed by atoms with Gasteiger partial charge in [-0.1, -0.05) is 113 Å². The number of aliphatic hydroxyl groups is 3. The van der Waals surface area contributed by atoms with Crippen molar-refractivity contribution >= 4 is 112 Å². The minimum atomic E-state index is -1.96. The molecule has 0 unspecified atom stereocenters. The van der Waals surface area contributed by atoms with Crippen LogP contribution in [0.3, 0.4) is 0 Å². The van der Waals surface area contributed by atoms with E-state index in [0.717, 1.165) is 24.3 Å². The van der Waals surface area contributed by atoms with Crippen molar-refractivity contribution < 1.29 is 117 Å². The van der Waals surface area contributed by atoms with Crippen LogP contribution in [0.5, 0.6) is 5.75 Å². The number of likely N-dealkylation sites (tertiary alicyclic amines) is 1. The van der Waals surface area contributed by atoms with Crippen LogP contribution in [0.2, 0.25) is 0 Å². The summed E-state index contributed by atoms with van der Waals surface area (Å²) < 4.78 is 0. The van der Waals surface area contributed by atoms with Crippen LogP contribution in [0.1, 0.15) is 149 Å². The van der Waals surface area contributed by atoms with Crippen LogP contribution < -0.4 is 103 Å². The summed E-state index contributed by atoms with van der Waals surface area (Å²) in [6.07, 6.45) is -6.02. The maximum Gasteiger partial charge on any atom is 0.326 e. The average Bonchev–Trinajstić information content (AvgIpc) is 1.58. The van der Waals surface area contributed by atoms with Crippen molar-refractivity contribution in [1.29, 1.82) is 5.41 Å². The van der Waals surface area contributed by atoms with Crippen LogP contribution in [-0.2, 0) is 106 Å². The minimum Gasteiger partial charge on any atom is -0.508 e. The Morgan fingerprint density at radius 2 is 0.859 bits per heavy atom. The van der Waals surface area contributed by atoms with Gasteiger partial charge in [0.1, 0.15) is 90.3 Å². The van der Waals surface area contributed by atoms with Gasteiger partial charge in [-0.05, 0) is 126 Å². The number of aliphatic hydroxyl groups excluding tert-OH is 3. The second-order valence-corrected chi connectivity index (χ2v) is 31.5. The van der Waals surface area contributed by atoms with Crippen LogP contribution in [0.15, 0.2) is 84.9 Å². The molecule has 4 rings (SSSR count). The summed E-state index contributed by atoms with van der Waals surface area (Å²) in [5.41, 5.74) is 29.9. The number of hydrogen-bond donors (Lipinski definition) is 26. The number of primary amides is 2. The molecule has 0 aromatic heterocycles. The standard InChI is InChI=1S/C83H125N21O24/c1-8-42(3)64(78(123)98-58(40-62(87)110)73(118)97-57(39-61(86)109)72(117)94-54(82(127)128)31-32-63(111)112)100-76(121)59(41-105)99-77(122)60-26-19-35-104(60)81(126)65(43(4)9-2)101-80(125)67(46(7)107)103-74(119)55(37-48-22-14-11-15-23-48)95-68(113)44(5)91-79(124)66(45(6)106)102-75(120)56(38-49-27-29-50(108)30-28-49)96-71(116)52(24-16-17-33-84)93-70(115)53(25-18-34-90-83(88)89)92-69(114)51(85)36-47-20-12-10-13-21-47/h10-15,20-23,27-30,42-46,51-60,64-67,105-108H,8-9,16-19,24-26,31-41,84-85H2,1-7H3,(H2,86,109)(H2,87,110)(H,91,124)(H,92,114)(H,93,115)(H,94,117)(H,95,113)(H,96,116)(H,97,118)(H,98,123)(H,99,122)(H,100,121)(H,101,125)(H,102,120)(H,103,119)(H,111,112)(H,127,128)(H4,88,89,90)/t42-,43-,44-,45+,46+,51-,52-,53-,54-,55-,56-,57-,58-,59-,60-,64-,65-,66-,67-/m0/s1. The van der Waals surface area contributed by atoms with E-state index < -0.39 is 253 Å². The largest absolute Gasteiger partial charge is 0.508 e. The molecule has 1 aliphatic heterocycles. The molecule has 1 aliphatic rings. The molecule has 16 amide bonds. The summed E-state index contributed by atoms with van der Waals surface area (Å²) in [5, 5.41) is 104. The number of rotatable bonds is 56. The van der Waals surface area contributed by atoms with Crippen LogP contribution >= 0.6 is 0 Å². The van der Waals surface area contributed by atoms with Gasteiger partial charge in [0, 0.05) is 32.4 Å². The molecule has 19 atom stereocenters. The number of carbonyl (C=O) groups is 18. The molecule has 1 saturated heterocycles. The van der Waals surface area contributed by atoms with Crippen molar-refractivity contribution in [2.24, 2.45) is 40.5 Å². The predicted molar refractivity (Wildman–Crippen MR) is 459 cm³/mol. The van der Waals surface area contributed by atoms with Gasteiger partial charge in [-0.2, -0.15) is 0 Å². The first-order chi connectivity index (χ1) is 60.4. The number of carboxylic acid groups (broad SMARTS) is 2. The first kappa shape index (κ1) is 107. The van der Waals surface area contributed by atoms with E-state index in [0.29, 0.717) is 17.5 Å². The van der Waals surface area contributed by atoms with E-state index in [9.17, 15) is 112 Å². The summed E-state index contributed by atoms with van der Waals surface area (Å²) in [6.45, 7) is 8.89. The van der Waals surface area contributed by atoms with Gasteiger partial charge in [0.15, 0.2) is 5.96 Å². The first-order valence-corrected chi connectivity index (χ1v) is 42.1. The number of phenols is 1. The molecule has 3 aromatic rings. The lowest BCUT2D eigenvalue weighted by molar-refractivity contribution is -0.144.